The summed E-state index contributed by atoms with van der Waals surface area (Å²) in [7, 11) is -2.99. The second-order valence-corrected chi connectivity index (χ2v) is 9.85. The summed E-state index contributed by atoms with van der Waals surface area (Å²) in [5.74, 6) is -0.333. The first-order valence-corrected chi connectivity index (χ1v) is 12.3. The maximum absolute atomic E-state index is 12.8. The molecule has 0 atom stereocenters. The molecule has 1 aliphatic heterocycles. The van der Waals surface area contributed by atoms with Gasteiger partial charge in [-0.15, -0.1) is 0 Å². The lowest BCUT2D eigenvalue weighted by Crippen LogP contribution is -2.49. The zero-order valence-corrected chi connectivity index (χ0v) is 18.9. The minimum Gasteiger partial charge on any atom is -0.462 e. The number of aromatic nitrogens is 2. The molecule has 2 heterocycles. The third kappa shape index (κ3) is 5.71. The number of rotatable bonds is 7. The van der Waals surface area contributed by atoms with Gasteiger partial charge in [0, 0.05) is 44.5 Å². The van der Waals surface area contributed by atoms with Crippen LogP contribution in [0, 0.1) is 6.92 Å². The Bertz CT molecular complexity index is 1040. The van der Waals surface area contributed by atoms with Crippen molar-refractivity contribution in [1.29, 1.82) is 0 Å². The highest BCUT2D eigenvalue weighted by Crippen LogP contribution is 2.17. The first kappa shape index (κ1) is 23.0. The van der Waals surface area contributed by atoms with Crippen LogP contribution in [0.2, 0.25) is 0 Å². The molecule has 0 N–H and O–H groups in total. The summed E-state index contributed by atoms with van der Waals surface area (Å²) in [5, 5.41) is 4.27. The van der Waals surface area contributed by atoms with Crippen LogP contribution in [-0.4, -0.2) is 91.2 Å². The normalized spacial score (nSPS) is 15.1. The average Bonchev–Trinajstić information content (AvgIpc) is 3.13. The van der Waals surface area contributed by atoms with E-state index in [0.717, 1.165) is 5.69 Å². The Morgan fingerprint density at radius 3 is 2.32 bits per heavy atom. The molecule has 1 aromatic heterocycles. The number of nitrogens with zero attached hydrogens (tertiary/aromatic N) is 4. The number of carbonyl (C=O) groups excluding carboxylic acids is 2. The number of ether oxygens (including phenoxy) is 1. The van der Waals surface area contributed by atoms with Crippen LogP contribution in [-0.2, 0) is 14.6 Å². The van der Waals surface area contributed by atoms with Crippen LogP contribution < -0.4 is 0 Å². The van der Waals surface area contributed by atoms with Crippen molar-refractivity contribution in [3.05, 3.63) is 47.3 Å². The lowest BCUT2D eigenvalue weighted by atomic mass is 10.1. The largest absolute Gasteiger partial charge is 0.462 e. The number of amides is 1. The van der Waals surface area contributed by atoms with Gasteiger partial charge < -0.3 is 9.64 Å². The second kappa shape index (κ2) is 9.61. The van der Waals surface area contributed by atoms with Crippen molar-refractivity contribution in [3.63, 3.8) is 0 Å². The van der Waals surface area contributed by atoms with Gasteiger partial charge in [-0.1, -0.05) is 0 Å². The predicted molar refractivity (Wildman–Crippen MR) is 116 cm³/mol. The first-order valence-electron chi connectivity index (χ1n) is 10.2. The summed E-state index contributed by atoms with van der Waals surface area (Å²) >= 11 is 0. The third-order valence-electron chi connectivity index (χ3n) is 5.30. The molecule has 0 saturated carbocycles. The summed E-state index contributed by atoms with van der Waals surface area (Å²) in [6.07, 6.45) is 2.72. The number of piperazine rings is 1. The number of hydrogen-bond donors (Lipinski definition) is 0. The zero-order chi connectivity index (χ0) is 22.6. The Morgan fingerprint density at radius 1 is 1.10 bits per heavy atom. The van der Waals surface area contributed by atoms with E-state index in [4.69, 9.17) is 4.74 Å². The molecule has 2 aromatic rings. The van der Waals surface area contributed by atoms with Crippen LogP contribution in [0.25, 0.3) is 5.69 Å². The molecular formula is C21H28N4O5S. The van der Waals surface area contributed by atoms with Crippen molar-refractivity contribution in [2.45, 2.75) is 13.8 Å². The third-order valence-corrected chi connectivity index (χ3v) is 6.23. The maximum Gasteiger partial charge on any atom is 0.341 e. The van der Waals surface area contributed by atoms with E-state index in [2.05, 4.69) is 10.00 Å². The van der Waals surface area contributed by atoms with E-state index in [0.29, 0.717) is 56.2 Å². The van der Waals surface area contributed by atoms with E-state index >= 15 is 0 Å². The molecular weight excluding hydrogens is 420 g/mol. The standard InChI is InChI=1S/C21H28N4O5S/c1-4-30-21(27)19-15-22-25(16(19)2)18-7-5-17(6-8-18)20(26)24-11-9-23(10-12-24)13-14-31(3,28)29/h5-8,15H,4,9-14H2,1-3H3. The summed E-state index contributed by atoms with van der Waals surface area (Å²) in [6, 6.07) is 7.09. The first-order chi connectivity index (χ1) is 14.7. The van der Waals surface area contributed by atoms with Crippen LogP contribution in [0.1, 0.15) is 33.3 Å². The van der Waals surface area contributed by atoms with Crippen molar-refractivity contribution < 1.29 is 22.7 Å². The lowest BCUT2D eigenvalue weighted by molar-refractivity contribution is 0.0525. The maximum atomic E-state index is 12.8. The van der Waals surface area contributed by atoms with Crippen molar-refractivity contribution in [2.24, 2.45) is 0 Å². The molecule has 0 radical (unpaired) electrons. The smallest absolute Gasteiger partial charge is 0.341 e. The van der Waals surface area contributed by atoms with E-state index in [1.54, 1.807) is 47.7 Å². The lowest BCUT2D eigenvalue weighted by Gasteiger charge is -2.34. The number of hydrogen-bond acceptors (Lipinski definition) is 7. The van der Waals surface area contributed by atoms with Gasteiger partial charge in [0.2, 0.25) is 0 Å². The highest BCUT2D eigenvalue weighted by molar-refractivity contribution is 7.90. The van der Waals surface area contributed by atoms with Crippen LogP contribution >= 0.6 is 0 Å². The Hall–Kier alpha value is -2.72. The molecule has 168 valence electrons. The second-order valence-electron chi connectivity index (χ2n) is 7.59. The van der Waals surface area contributed by atoms with Crippen molar-refractivity contribution >= 4 is 21.7 Å². The molecule has 1 aliphatic rings. The van der Waals surface area contributed by atoms with E-state index in [9.17, 15) is 18.0 Å². The predicted octanol–water partition coefficient (Wildman–Crippen LogP) is 1.16. The molecule has 9 nitrogen and oxygen atoms in total. The fourth-order valence-electron chi connectivity index (χ4n) is 3.48. The molecule has 3 rings (SSSR count). The number of benzene rings is 1. The van der Waals surface area contributed by atoms with Gasteiger partial charge in [-0.2, -0.15) is 5.10 Å². The highest BCUT2D eigenvalue weighted by atomic mass is 32.2. The molecule has 10 heteroatoms. The average molecular weight is 449 g/mol. The molecule has 1 aromatic carbocycles. The molecule has 0 unspecified atom stereocenters. The van der Waals surface area contributed by atoms with Crippen LogP contribution in [0.5, 0.6) is 0 Å². The SMILES string of the molecule is CCOC(=O)c1cnn(-c2ccc(C(=O)N3CCN(CCS(C)(=O)=O)CC3)cc2)c1C. The van der Waals surface area contributed by atoms with Crippen LogP contribution in [0.3, 0.4) is 0 Å². The van der Waals surface area contributed by atoms with Gasteiger partial charge in [-0.3, -0.25) is 9.69 Å². The van der Waals surface area contributed by atoms with Gasteiger partial charge in [-0.05, 0) is 38.1 Å². The minimum atomic E-state index is -2.99. The topological polar surface area (TPSA) is 102 Å². The van der Waals surface area contributed by atoms with Crippen molar-refractivity contribution in [1.82, 2.24) is 19.6 Å². The van der Waals surface area contributed by atoms with Crippen molar-refractivity contribution in [3.8, 4) is 5.69 Å². The fraction of sp³-hybridized carbons (Fsp3) is 0.476. The molecule has 31 heavy (non-hydrogen) atoms. The minimum absolute atomic E-state index is 0.0567. The summed E-state index contributed by atoms with van der Waals surface area (Å²) < 4.78 is 29.3. The van der Waals surface area contributed by atoms with E-state index in [1.165, 1.54) is 12.5 Å². The summed E-state index contributed by atoms with van der Waals surface area (Å²) in [6.45, 7) is 6.77. The Morgan fingerprint density at radius 2 is 1.74 bits per heavy atom. The van der Waals surface area contributed by atoms with Gasteiger partial charge >= 0.3 is 5.97 Å². The van der Waals surface area contributed by atoms with Gasteiger partial charge in [0.25, 0.3) is 5.91 Å². The fourth-order valence-corrected chi connectivity index (χ4v) is 4.07. The van der Waals surface area contributed by atoms with Gasteiger partial charge in [-0.25, -0.2) is 17.9 Å². The van der Waals surface area contributed by atoms with Gasteiger partial charge in [0.1, 0.15) is 15.4 Å². The number of esters is 1. The van der Waals surface area contributed by atoms with Crippen LogP contribution in [0.4, 0.5) is 0 Å². The van der Waals surface area contributed by atoms with E-state index < -0.39 is 15.8 Å². The zero-order valence-electron chi connectivity index (χ0n) is 18.1. The Kier molecular flexibility index (Phi) is 7.11. The van der Waals surface area contributed by atoms with Gasteiger partial charge in [0.15, 0.2) is 0 Å². The summed E-state index contributed by atoms with van der Waals surface area (Å²) in [5.41, 5.74) is 2.40. The molecule has 1 fully saturated rings. The highest BCUT2D eigenvalue weighted by Gasteiger charge is 2.23. The van der Waals surface area contributed by atoms with Gasteiger partial charge in [0.05, 0.1) is 29.9 Å². The Balaban J connectivity index is 1.62. The molecule has 0 aliphatic carbocycles. The molecule has 0 bridgehead atoms. The molecule has 1 amide bonds. The summed E-state index contributed by atoms with van der Waals surface area (Å²) in [4.78, 5) is 28.7. The molecule has 1 saturated heterocycles. The monoisotopic (exact) mass is 448 g/mol. The van der Waals surface area contributed by atoms with Crippen molar-refractivity contribution in [2.75, 3.05) is 51.3 Å². The number of sulfone groups is 1. The molecule has 0 spiro atoms. The quantitative estimate of drug-likeness (QED) is 0.586. The number of carbonyl (C=O) groups is 2. The van der Waals surface area contributed by atoms with E-state index in [1.807, 2.05) is 0 Å². The van der Waals surface area contributed by atoms with Crippen LogP contribution in [0.15, 0.2) is 30.5 Å². The Labute approximate surface area is 182 Å². The van der Waals surface area contributed by atoms with E-state index in [-0.39, 0.29) is 11.7 Å².